The number of alkyl halides is 3. The number of carbonyl (C=O) groups excluding carboxylic acids is 4. The molecule has 49 heavy (non-hydrogen) atoms. The molecule has 3 N–H and O–H groups in total. The van der Waals surface area contributed by atoms with Gasteiger partial charge in [-0.15, -0.1) is 0 Å². The van der Waals surface area contributed by atoms with Gasteiger partial charge < -0.3 is 30.1 Å². The van der Waals surface area contributed by atoms with Gasteiger partial charge in [-0.3, -0.25) is 19.2 Å². The molecular formula is C35H47Cl3N4O7. The van der Waals surface area contributed by atoms with Gasteiger partial charge in [-0.25, -0.2) is 4.98 Å². The van der Waals surface area contributed by atoms with E-state index in [9.17, 15) is 24.3 Å². The van der Waals surface area contributed by atoms with Crippen molar-refractivity contribution < 1.29 is 33.8 Å². The van der Waals surface area contributed by atoms with Crippen LogP contribution in [-0.4, -0.2) is 81.4 Å². The maximum atomic E-state index is 13.5. The molecule has 1 fully saturated rings. The molecule has 1 aromatic carbocycles. The number of aromatic nitrogens is 1. The maximum absolute atomic E-state index is 13.5. The van der Waals surface area contributed by atoms with Gasteiger partial charge in [0.25, 0.3) is 0 Å². The molecule has 1 aromatic heterocycles. The Bertz CT molecular complexity index is 1540. The number of ether oxygens (including phenoxy) is 2. The van der Waals surface area contributed by atoms with Crippen molar-refractivity contribution in [2.45, 2.75) is 83.0 Å². The zero-order valence-corrected chi connectivity index (χ0v) is 31.3. The van der Waals surface area contributed by atoms with Crippen LogP contribution in [-0.2, 0) is 35.3 Å². The van der Waals surface area contributed by atoms with Crippen molar-refractivity contribution >= 4 is 75.5 Å². The van der Waals surface area contributed by atoms with Crippen LogP contribution in [0.1, 0.15) is 77.3 Å². The van der Waals surface area contributed by atoms with Crippen molar-refractivity contribution in [1.29, 1.82) is 0 Å². The summed E-state index contributed by atoms with van der Waals surface area (Å²) in [6.07, 6.45) is 3.90. The van der Waals surface area contributed by atoms with E-state index >= 15 is 0 Å². The topological polar surface area (TPSA) is 147 Å². The lowest BCUT2D eigenvalue weighted by Gasteiger charge is -2.34. The van der Waals surface area contributed by atoms with E-state index < -0.39 is 51.8 Å². The van der Waals surface area contributed by atoms with Crippen LogP contribution < -0.4 is 10.6 Å². The molecule has 0 unspecified atom stereocenters. The minimum atomic E-state index is -1.73. The number of amides is 3. The fourth-order valence-corrected chi connectivity index (χ4v) is 5.66. The molecule has 0 saturated carbocycles. The Morgan fingerprint density at radius 1 is 1.10 bits per heavy atom. The number of rotatable bonds is 13. The highest BCUT2D eigenvalue weighted by Gasteiger charge is 2.35. The van der Waals surface area contributed by atoms with Crippen LogP contribution in [0, 0.1) is 17.3 Å². The number of nitrogens with zero attached hydrogens (tertiary/aromatic N) is 2. The van der Waals surface area contributed by atoms with Crippen LogP contribution in [0.15, 0.2) is 30.3 Å². The number of aliphatic hydroxyl groups excluding tert-OH is 1. The second kappa shape index (κ2) is 17.3. The number of methoxy groups -OCH3 is 1. The van der Waals surface area contributed by atoms with E-state index in [4.69, 9.17) is 44.3 Å². The first kappa shape index (κ1) is 40.5. The molecule has 1 aliphatic rings. The predicted molar refractivity (Wildman–Crippen MR) is 191 cm³/mol. The van der Waals surface area contributed by atoms with Gasteiger partial charge in [0.15, 0.2) is 0 Å². The van der Waals surface area contributed by atoms with Gasteiger partial charge >= 0.3 is 5.97 Å². The van der Waals surface area contributed by atoms with Gasteiger partial charge in [0.1, 0.15) is 18.7 Å². The molecule has 0 radical (unpaired) electrons. The highest BCUT2D eigenvalue weighted by Crippen LogP contribution is 2.28. The third kappa shape index (κ3) is 11.5. The maximum Gasteiger partial charge on any atom is 0.310 e. The SMILES string of the molecule is COCc1cc2ccc(/C=C/C(C)(C)C(=O)N[C@H](C(=O)N[C@@H](C)C(=O)N3CCC[C@@H](C(=O)OCC(Cl)(Cl)Cl)C3)C(C)C)cc2nc1[C@@H](C)O. The molecule has 1 aliphatic heterocycles. The van der Waals surface area contributed by atoms with Crippen molar-refractivity contribution in [2.24, 2.45) is 17.3 Å². The summed E-state index contributed by atoms with van der Waals surface area (Å²) in [6.45, 7) is 10.8. The molecule has 3 rings (SSSR count). The summed E-state index contributed by atoms with van der Waals surface area (Å²) in [5.41, 5.74) is 1.85. The lowest BCUT2D eigenvalue weighted by atomic mass is 9.89. The molecule has 0 spiro atoms. The van der Waals surface area contributed by atoms with Crippen LogP contribution in [0.25, 0.3) is 17.0 Å². The van der Waals surface area contributed by atoms with E-state index in [-0.39, 0.29) is 24.3 Å². The Labute approximate surface area is 303 Å². The second-order valence-corrected chi connectivity index (χ2v) is 15.9. The van der Waals surface area contributed by atoms with Crippen LogP contribution in [0.3, 0.4) is 0 Å². The van der Waals surface area contributed by atoms with E-state index in [2.05, 4.69) is 15.6 Å². The quantitative estimate of drug-likeness (QED) is 0.186. The van der Waals surface area contributed by atoms with Gasteiger partial charge in [0, 0.05) is 31.1 Å². The highest BCUT2D eigenvalue weighted by atomic mass is 35.6. The average Bonchev–Trinajstić information content (AvgIpc) is 3.03. The first-order valence-electron chi connectivity index (χ1n) is 16.3. The molecule has 2 heterocycles. The Morgan fingerprint density at radius 2 is 1.80 bits per heavy atom. The largest absolute Gasteiger partial charge is 0.461 e. The average molecular weight is 742 g/mol. The Kier molecular flexibility index (Phi) is 14.3. The fourth-order valence-electron chi connectivity index (χ4n) is 5.50. The van der Waals surface area contributed by atoms with Crippen molar-refractivity contribution in [3.8, 4) is 0 Å². The molecule has 2 aromatic rings. The summed E-state index contributed by atoms with van der Waals surface area (Å²) in [7, 11) is 1.59. The summed E-state index contributed by atoms with van der Waals surface area (Å²) < 4.78 is 8.63. The molecule has 0 aliphatic carbocycles. The molecule has 3 amide bonds. The van der Waals surface area contributed by atoms with E-state index in [1.807, 2.05) is 30.3 Å². The number of halogens is 3. The predicted octanol–water partition coefficient (Wildman–Crippen LogP) is 5.27. The number of hydrogen-bond donors (Lipinski definition) is 3. The standard InChI is InChI=1S/C35H47Cl3N4O7/c1-20(2)28(30(44)39-21(3)31(45)42-14-8-9-25(17-42)32(46)49-19-35(36,37)38)41-33(47)34(5,6)13-12-23-10-11-24-16-26(18-48-7)29(22(4)43)40-27(24)15-23/h10-13,15-16,20-22,25,28,43H,8-9,14,17-19H2,1-7H3,(H,39,44)(H,41,47)/b13-12+/t21-,22+,25+,28-/m0/s1. The molecule has 1 saturated heterocycles. The zero-order valence-electron chi connectivity index (χ0n) is 29.0. The number of piperidine rings is 1. The number of nitrogens with one attached hydrogen (secondary N) is 2. The second-order valence-electron chi connectivity index (χ2n) is 13.4. The molecule has 11 nitrogen and oxygen atoms in total. The summed E-state index contributed by atoms with van der Waals surface area (Å²) in [4.78, 5) is 58.8. The Hall–Kier alpha value is -2.96. The zero-order chi connectivity index (χ0) is 36.7. The van der Waals surface area contributed by atoms with Crippen molar-refractivity contribution in [3.05, 3.63) is 47.2 Å². The van der Waals surface area contributed by atoms with Gasteiger partial charge in [0.05, 0.1) is 35.3 Å². The Morgan fingerprint density at radius 3 is 2.41 bits per heavy atom. The summed E-state index contributed by atoms with van der Waals surface area (Å²) in [6, 6.07) is 5.84. The van der Waals surface area contributed by atoms with Crippen molar-refractivity contribution in [3.63, 3.8) is 0 Å². The molecule has 14 heteroatoms. The van der Waals surface area contributed by atoms with E-state index in [0.29, 0.717) is 37.2 Å². The number of pyridine rings is 1. The first-order chi connectivity index (χ1) is 22.8. The molecule has 270 valence electrons. The van der Waals surface area contributed by atoms with Gasteiger partial charge in [-0.05, 0) is 64.2 Å². The summed E-state index contributed by atoms with van der Waals surface area (Å²) in [5.74, 6) is -2.64. The lowest BCUT2D eigenvalue weighted by Crippen LogP contribution is -2.57. The van der Waals surface area contributed by atoms with Gasteiger partial charge in [-0.1, -0.05) is 72.9 Å². The highest BCUT2D eigenvalue weighted by molar-refractivity contribution is 6.67. The van der Waals surface area contributed by atoms with Crippen LogP contribution in [0.4, 0.5) is 0 Å². The Balaban J connectivity index is 1.65. The van der Waals surface area contributed by atoms with E-state index in [1.165, 1.54) is 4.90 Å². The molecular weight excluding hydrogens is 695 g/mol. The minimum Gasteiger partial charge on any atom is -0.461 e. The molecule has 4 atom stereocenters. The van der Waals surface area contributed by atoms with Crippen LogP contribution >= 0.6 is 34.8 Å². The lowest BCUT2D eigenvalue weighted by molar-refractivity contribution is -0.152. The first-order valence-corrected chi connectivity index (χ1v) is 17.4. The number of carbonyl (C=O) groups is 4. The number of likely N-dealkylation sites (tertiary alicyclic amines) is 1. The minimum absolute atomic E-state index is 0.118. The third-order valence-electron chi connectivity index (χ3n) is 8.34. The number of esters is 1. The van der Waals surface area contributed by atoms with E-state index in [0.717, 1.165) is 16.5 Å². The van der Waals surface area contributed by atoms with Crippen molar-refractivity contribution in [1.82, 2.24) is 20.5 Å². The number of aliphatic hydroxyl groups is 1. The van der Waals surface area contributed by atoms with Gasteiger partial charge in [-0.2, -0.15) is 0 Å². The fraction of sp³-hybridized carbons (Fsp3) is 0.571. The number of fused-ring (bicyclic) bond motifs is 1. The normalized spacial score (nSPS) is 17.6. The number of benzene rings is 1. The monoisotopic (exact) mass is 740 g/mol. The summed E-state index contributed by atoms with van der Waals surface area (Å²) in [5, 5.41) is 16.7. The summed E-state index contributed by atoms with van der Waals surface area (Å²) >= 11 is 17.0. The van der Waals surface area contributed by atoms with Crippen molar-refractivity contribution in [2.75, 3.05) is 26.8 Å². The number of hydrogen-bond acceptors (Lipinski definition) is 8. The molecule has 0 bridgehead atoms. The van der Waals surface area contributed by atoms with Crippen LogP contribution in [0.5, 0.6) is 0 Å². The van der Waals surface area contributed by atoms with Gasteiger partial charge in [0.2, 0.25) is 21.5 Å². The van der Waals surface area contributed by atoms with Crippen LogP contribution in [0.2, 0.25) is 0 Å². The van der Waals surface area contributed by atoms with E-state index in [1.54, 1.807) is 54.7 Å². The smallest absolute Gasteiger partial charge is 0.310 e. The third-order valence-corrected chi connectivity index (χ3v) is 8.66.